The van der Waals surface area contributed by atoms with Crippen molar-refractivity contribution in [3.63, 3.8) is 0 Å². The summed E-state index contributed by atoms with van der Waals surface area (Å²) in [5.74, 6) is 1.05. The van der Waals surface area contributed by atoms with Gasteiger partial charge in [0.2, 0.25) is 0 Å². The van der Waals surface area contributed by atoms with Crippen LogP contribution < -0.4 is 0 Å². The number of piperazine rings is 1. The van der Waals surface area contributed by atoms with Crippen molar-refractivity contribution in [2.24, 2.45) is 13.0 Å². The van der Waals surface area contributed by atoms with E-state index in [1.165, 1.54) is 0 Å². The third-order valence-corrected chi connectivity index (χ3v) is 4.38. The van der Waals surface area contributed by atoms with Gasteiger partial charge in [0.05, 0.1) is 24.6 Å². The van der Waals surface area contributed by atoms with E-state index >= 15 is 0 Å². The molecule has 1 aromatic heterocycles. The molecule has 2 heterocycles. The van der Waals surface area contributed by atoms with Crippen molar-refractivity contribution in [3.05, 3.63) is 18.2 Å². The Hall–Kier alpha value is -1.89. The third kappa shape index (κ3) is 4.30. The van der Waals surface area contributed by atoms with Crippen molar-refractivity contribution in [3.8, 4) is 12.1 Å². The Morgan fingerprint density at radius 2 is 2.23 bits per heavy atom. The van der Waals surface area contributed by atoms with Crippen molar-refractivity contribution >= 4 is 0 Å². The second kappa shape index (κ2) is 7.93. The van der Waals surface area contributed by atoms with Gasteiger partial charge in [-0.2, -0.15) is 10.5 Å². The van der Waals surface area contributed by atoms with E-state index in [0.717, 1.165) is 38.5 Å². The topological polar surface area (TPSA) is 71.9 Å². The zero-order valence-corrected chi connectivity index (χ0v) is 13.4. The number of hydrogen-bond acceptors (Lipinski definition) is 5. The third-order valence-electron chi connectivity index (χ3n) is 4.38. The van der Waals surface area contributed by atoms with Crippen molar-refractivity contribution in [1.82, 2.24) is 19.4 Å². The second-order valence-electron chi connectivity index (χ2n) is 6.06. The molecule has 0 aromatic carbocycles. The van der Waals surface area contributed by atoms with E-state index < -0.39 is 0 Å². The van der Waals surface area contributed by atoms with Gasteiger partial charge < -0.3 is 4.57 Å². The zero-order chi connectivity index (χ0) is 15.9. The molecule has 6 nitrogen and oxygen atoms in total. The van der Waals surface area contributed by atoms with Crippen LogP contribution >= 0.6 is 0 Å². The first-order chi connectivity index (χ1) is 10.6. The van der Waals surface area contributed by atoms with E-state index in [1.54, 1.807) is 0 Å². The van der Waals surface area contributed by atoms with Gasteiger partial charge in [-0.05, 0) is 13.3 Å². The smallest absolute Gasteiger partial charge is 0.122 e. The summed E-state index contributed by atoms with van der Waals surface area (Å²) in [4.78, 5) is 9.18. The average molecular weight is 300 g/mol. The summed E-state index contributed by atoms with van der Waals surface area (Å²) in [7, 11) is 2.02. The largest absolute Gasteiger partial charge is 0.337 e. The summed E-state index contributed by atoms with van der Waals surface area (Å²) in [5, 5.41) is 17.8. The Labute approximate surface area is 132 Å². The van der Waals surface area contributed by atoms with Gasteiger partial charge in [-0.1, -0.05) is 0 Å². The van der Waals surface area contributed by atoms with Crippen LogP contribution in [-0.2, 0) is 13.6 Å². The Morgan fingerprint density at radius 3 is 2.82 bits per heavy atom. The molecule has 0 spiro atoms. The molecule has 1 aliphatic rings. The van der Waals surface area contributed by atoms with Gasteiger partial charge in [0.25, 0.3) is 0 Å². The van der Waals surface area contributed by atoms with Crippen LogP contribution in [-0.4, -0.2) is 51.6 Å². The van der Waals surface area contributed by atoms with Crippen LogP contribution in [0.5, 0.6) is 0 Å². The minimum Gasteiger partial charge on any atom is -0.337 e. The molecule has 0 bridgehead atoms. The fourth-order valence-corrected chi connectivity index (χ4v) is 2.95. The van der Waals surface area contributed by atoms with Gasteiger partial charge in [-0.25, -0.2) is 4.98 Å². The second-order valence-corrected chi connectivity index (χ2v) is 6.06. The first-order valence-corrected chi connectivity index (χ1v) is 7.83. The summed E-state index contributed by atoms with van der Waals surface area (Å²) >= 11 is 0. The molecular weight excluding hydrogens is 276 g/mol. The Morgan fingerprint density at radius 1 is 1.41 bits per heavy atom. The highest BCUT2D eigenvalue weighted by Crippen LogP contribution is 2.15. The quantitative estimate of drug-likeness (QED) is 0.793. The predicted molar refractivity (Wildman–Crippen MR) is 83.5 cm³/mol. The van der Waals surface area contributed by atoms with Crippen molar-refractivity contribution in [2.45, 2.75) is 32.4 Å². The van der Waals surface area contributed by atoms with Gasteiger partial charge in [-0.15, -0.1) is 0 Å². The van der Waals surface area contributed by atoms with Crippen LogP contribution in [0.25, 0.3) is 0 Å². The summed E-state index contributed by atoms with van der Waals surface area (Å²) in [6, 6.07) is 4.91. The van der Waals surface area contributed by atoms with E-state index in [9.17, 15) is 5.26 Å². The molecule has 6 heteroatoms. The molecule has 0 saturated carbocycles. The fraction of sp³-hybridized carbons (Fsp3) is 0.688. The first kappa shape index (κ1) is 16.5. The molecule has 0 amide bonds. The van der Waals surface area contributed by atoms with Gasteiger partial charge in [0.1, 0.15) is 5.82 Å². The normalized spacial score (nSPS) is 21.2. The standard InChI is InChI=1S/C16H24N6/c1-14-11-21(12-15(10-18)4-3-5-17)8-9-22(14)13-16-19-6-7-20(16)2/h6-7,14-15H,3-4,8-9,11-13H2,1-2H3. The number of aryl methyl sites for hydroxylation is 1. The van der Waals surface area contributed by atoms with Crippen LogP contribution in [0.3, 0.4) is 0 Å². The van der Waals surface area contributed by atoms with E-state index in [0.29, 0.717) is 18.9 Å². The highest BCUT2D eigenvalue weighted by Gasteiger charge is 2.26. The number of rotatable bonds is 6. The molecule has 1 saturated heterocycles. The lowest BCUT2D eigenvalue weighted by Crippen LogP contribution is -2.52. The van der Waals surface area contributed by atoms with E-state index in [1.807, 2.05) is 19.4 Å². The minimum atomic E-state index is -0.0343. The zero-order valence-electron chi connectivity index (χ0n) is 13.4. The van der Waals surface area contributed by atoms with E-state index in [2.05, 4.69) is 38.4 Å². The summed E-state index contributed by atoms with van der Waals surface area (Å²) in [6.45, 7) is 6.80. The van der Waals surface area contributed by atoms with E-state index in [4.69, 9.17) is 5.26 Å². The predicted octanol–water partition coefficient (Wildman–Crippen LogP) is 1.37. The molecule has 22 heavy (non-hydrogen) atoms. The Bertz CT molecular complexity index is 552. The van der Waals surface area contributed by atoms with Crippen LogP contribution in [0.15, 0.2) is 12.4 Å². The lowest BCUT2D eigenvalue weighted by Gasteiger charge is -2.40. The maximum absolute atomic E-state index is 9.20. The molecule has 118 valence electrons. The molecule has 2 rings (SSSR count). The fourth-order valence-electron chi connectivity index (χ4n) is 2.95. The molecule has 1 aromatic rings. The maximum Gasteiger partial charge on any atom is 0.122 e. The van der Waals surface area contributed by atoms with Crippen molar-refractivity contribution < 1.29 is 0 Å². The number of hydrogen-bond donors (Lipinski definition) is 0. The van der Waals surface area contributed by atoms with Crippen LogP contribution in [0.4, 0.5) is 0 Å². The number of nitrogens with zero attached hydrogens (tertiary/aromatic N) is 6. The molecule has 2 unspecified atom stereocenters. The van der Waals surface area contributed by atoms with Crippen LogP contribution in [0, 0.1) is 28.6 Å². The monoisotopic (exact) mass is 300 g/mol. The van der Waals surface area contributed by atoms with Crippen molar-refractivity contribution in [1.29, 1.82) is 10.5 Å². The highest BCUT2D eigenvalue weighted by atomic mass is 15.3. The van der Waals surface area contributed by atoms with Crippen molar-refractivity contribution in [2.75, 3.05) is 26.2 Å². The average Bonchev–Trinajstić information content (AvgIpc) is 2.91. The number of aromatic nitrogens is 2. The molecule has 1 aliphatic heterocycles. The SMILES string of the molecule is CC1CN(CC(C#N)CCC#N)CCN1Cc1nccn1C. The molecule has 2 atom stereocenters. The maximum atomic E-state index is 9.20. The molecule has 0 aliphatic carbocycles. The summed E-state index contributed by atoms with van der Waals surface area (Å²) in [5.41, 5.74) is 0. The van der Waals surface area contributed by atoms with Gasteiger partial charge in [0.15, 0.2) is 0 Å². The highest BCUT2D eigenvalue weighted by molar-refractivity contribution is 4.94. The Kier molecular flexibility index (Phi) is 5.94. The molecule has 0 radical (unpaired) electrons. The molecular formula is C16H24N6. The van der Waals surface area contributed by atoms with Gasteiger partial charge >= 0.3 is 0 Å². The molecule has 0 N–H and O–H groups in total. The summed E-state index contributed by atoms with van der Waals surface area (Å²) < 4.78 is 2.06. The minimum absolute atomic E-state index is 0.0343. The lowest BCUT2D eigenvalue weighted by atomic mass is 10.0. The molecule has 1 fully saturated rings. The van der Waals surface area contributed by atoms with Crippen LogP contribution in [0.2, 0.25) is 0 Å². The van der Waals surface area contributed by atoms with E-state index in [-0.39, 0.29) is 5.92 Å². The Balaban J connectivity index is 1.83. The number of imidazole rings is 1. The van der Waals surface area contributed by atoms with Gasteiger partial charge in [0, 0.05) is 58.1 Å². The lowest BCUT2D eigenvalue weighted by molar-refractivity contribution is 0.0691. The first-order valence-electron chi connectivity index (χ1n) is 7.83. The summed E-state index contributed by atoms with van der Waals surface area (Å²) in [6.07, 6.45) is 4.95. The van der Waals surface area contributed by atoms with Crippen LogP contribution in [0.1, 0.15) is 25.6 Å². The number of nitriles is 2. The van der Waals surface area contributed by atoms with Gasteiger partial charge in [-0.3, -0.25) is 9.80 Å².